The molecule has 0 aliphatic heterocycles. The summed E-state index contributed by atoms with van der Waals surface area (Å²) in [6.45, 7) is 1.65. The fraction of sp³-hybridized carbons (Fsp3) is 1.00. The van der Waals surface area contributed by atoms with Crippen molar-refractivity contribution in [3.63, 3.8) is 0 Å². The lowest BCUT2D eigenvalue weighted by molar-refractivity contribution is -0.0605. The maximum atomic E-state index is 10.7. The zero-order valence-electron chi connectivity index (χ0n) is 19.7. The molecule has 0 spiro atoms. The van der Waals surface area contributed by atoms with E-state index in [0.717, 1.165) is 57.3 Å². The van der Waals surface area contributed by atoms with E-state index in [-0.39, 0.29) is 5.92 Å². The molecule has 4 N–H and O–H groups in total. The van der Waals surface area contributed by atoms with E-state index >= 15 is 0 Å². The van der Waals surface area contributed by atoms with Gasteiger partial charge in [-0.05, 0) is 57.5 Å². The molecular weight excluding hydrogens is 424 g/mol. The molecule has 1 fully saturated rings. The zero-order chi connectivity index (χ0) is 22.7. The number of hydrogen-bond acceptors (Lipinski definition) is 9. The number of aliphatic hydroxyl groups is 1. The molecule has 3 unspecified atom stereocenters. The van der Waals surface area contributed by atoms with Gasteiger partial charge in [0.25, 0.3) is 0 Å². The van der Waals surface area contributed by atoms with Crippen LogP contribution in [0.3, 0.4) is 0 Å². The van der Waals surface area contributed by atoms with Crippen molar-refractivity contribution in [3.05, 3.63) is 0 Å². The van der Waals surface area contributed by atoms with Gasteiger partial charge in [0, 0.05) is 60.7 Å². The van der Waals surface area contributed by atoms with E-state index < -0.39 is 23.3 Å². The second kappa shape index (κ2) is 13.6. The molecule has 1 rings (SSSR count). The van der Waals surface area contributed by atoms with Crippen LogP contribution in [0.15, 0.2) is 0 Å². The van der Waals surface area contributed by atoms with Crippen LogP contribution in [0.2, 0.25) is 12.1 Å². The normalized spacial score (nSPS) is 25.6. The summed E-state index contributed by atoms with van der Waals surface area (Å²) >= 11 is 0. The van der Waals surface area contributed by atoms with Crippen molar-refractivity contribution >= 4 is 17.6 Å². The van der Waals surface area contributed by atoms with Crippen LogP contribution in [0.5, 0.6) is 0 Å². The van der Waals surface area contributed by atoms with Crippen LogP contribution in [-0.2, 0) is 26.6 Å². The first-order chi connectivity index (χ1) is 14.3. The van der Waals surface area contributed by atoms with Crippen molar-refractivity contribution in [2.45, 2.75) is 56.3 Å². The van der Waals surface area contributed by atoms with Gasteiger partial charge in [-0.1, -0.05) is 0 Å². The highest BCUT2D eigenvalue weighted by Crippen LogP contribution is 2.38. The number of rotatable bonds is 16. The predicted octanol–water partition coefficient (Wildman–Crippen LogP) is 1.57. The van der Waals surface area contributed by atoms with Crippen molar-refractivity contribution in [2.75, 3.05) is 55.7 Å². The summed E-state index contributed by atoms with van der Waals surface area (Å²) in [6.07, 6.45) is 5.14. The van der Waals surface area contributed by atoms with Gasteiger partial charge in [0.15, 0.2) is 0 Å². The fourth-order valence-corrected chi connectivity index (χ4v) is 7.91. The van der Waals surface area contributed by atoms with E-state index in [1.54, 1.807) is 42.7 Å². The van der Waals surface area contributed by atoms with Crippen LogP contribution in [0.1, 0.15) is 38.5 Å². The van der Waals surface area contributed by atoms with Crippen LogP contribution in [0.4, 0.5) is 0 Å². The molecule has 0 bridgehead atoms. The maximum absolute atomic E-state index is 10.7. The van der Waals surface area contributed by atoms with Gasteiger partial charge < -0.3 is 42.7 Å². The minimum atomic E-state index is -2.56. The Bertz CT molecular complexity index is 450. The van der Waals surface area contributed by atoms with Crippen LogP contribution in [-0.4, -0.2) is 84.2 Å². The van der Waals surface area contributed by atoms with Crippen LogP contribution in [0, 0.1) is 11.8 Å². The van der Waals surface area contributed by atoms with Gasteiger partial charge in [0.05, 0.1) is 0 Å². The third-order valence-electron chi connectivity index (χ3n) is 6.51. The summed E-state index contributed by atoms with van der Waals surface area (Å²) in [5.41, 5.74) is 5.12. The lowest BCUT2D eigenvalue weighted by Crippen LogP contribution is -2.51. The lowest BCUT2D eigenvalue weighted by atomic mass is 9.73. The summed E-state index contributed by atoms with van der Waals surface area (Å²) in [7, 11) is 4.77. The Kier molecular flexibility index (Phi) is 12.7. The Hall–Kier alpha value is 0.0738. The Balaban J connectivity index is 2.41. The Morgan fingerprint density at radius 2 is 1.40 bits per heavy atom. The minimum absolute atomic E-state index is 0.0674. The second-order valence-electron chi connectivity index (χ2n) is 8.10. The van der Waals surface area contributed by atoms with Crippen molar-refractivity contribution < 1.29 is 31.7 Å². The largest absolute Gasteiger partial charge is 0.500 e. The molecule has 3 atom stereocenters. The maximum Gasteiger partial charge on any atom is 0.500 e. The van der Waals surface area contributed by atoms with E-state index in [0.29, 0.717) is 12.3 Å². The zero-order valence-corrected chi connectivity index (χ0v) is 21.7. The molecule has 1 aliphatic rings. The van der Waals surface area contributed by atoms with E-state index in [9.17, 15) is 5.11 Å². The number of nitrogens with one attached hydrogen (secondary N) is 1. The quantitative estimate of drug-likeness (QED) is 0.176. The van der Waals surface area contributed by atoms with E-state index in [1.807, 2.05) is 0 Å². The molecular formula is C19H44N2O7Si2. The van der Waals surface area contributed by atoms with Crippen molar-refractivity contribution in [1.29, 1.82) is 0 Å². The standard InChI is InChI=1S/C19H44N2O7Si2/c1-23-29(24-2,25-3)14-7-12-21-13-9-18-16-17(8-11-19(18,20)22)10-15-30(26-4,27-5)28-6/h17-18,21-22H,7-16,20H2,1-6H3. The molecule has 1 aliphatic carbocycles. The molecule has 0 aromatic rings. The first kappa shape index (κ1) is 28.1. The topological polar surface area (TPSA) is 114 Å². The highest BCUT2D eigenvalue weighted by Gasteiger charge is 2.42. The third-order valence-corrected chi connectivity index (χ3v) is 12.1. The highest BCUT2D eigenvalue weighted by molar-refractivity contribution is 6.60. The lowest BCUT2D eigenvalue weighted by Gasteiger charge is -2.41. The molecule has 180 valence electrons. The molecule has 11 heteroatoms. The molecule has 30 heavy (non-hydrogen) atoms. The third kappa shape index (κ3) is 8.21. The van der Waals surface area contributed by atoms with Gasteiger partial charge in [-0.2, -0.15) is 0 Å². The number of nitrogens with two attached hydrogens (primary N) is 1. The van der Waals surface area contributed by atoms with Crippen LogP contribution < -0.4 is 11.1 Å². The molecule has 0 saturated heterocycles. The summed E-state index contributed by atoms with van der Waals surface area (Å²) < 4.78 is 32.9. The fourth-order valence-electron chi connectivity index (χ4n) is 4.32. The van der Waals surface area contributed by atoms with E-state index in [4.69, 9.17) is 32.3 Å². The molecule has 1 saturated carbocycles. The van der Waals surface area contributed by atoms with Gasteiger partial charge in [0.2, 0.25) is 0 Å². The SMILES string of the molecule is CO[Si](CCCNCCC1CC(CC[Si](OC)(OC)OC)CCC1(N)O)(OC)OC. The van der Waals surface area contributed by atoms with Gasteiger partial charge >= 0.3 is 17.6 Å². The van der Waals surface area contributed by atoms with Crippen LogP contribution in [0.25, 0.3) is 0 Å². The second-order valence-corrected chi connectivity index (χ2v) is 14.3. The molecule has 0 amide bonds. The average Bonchev–Trinajstić information content (AvgIpc) is 2.76. The molecule has 0 radical (unpaired) electrons. The van der Waals surface area contributed by atoms with Gasteiger partial charge in [-0.15, -0.1) is 0 Å². The Morgan fingerprint density at radius 3 is 1.93 bits per heavy atom. The Morgan fingerprint density at radius 1 is 0.867 bits per heavy atom. The molecule has 0 aromatic heterocycles. The van der Waals surface area contributed by atoms with Gasteiger partial charge in [0.1, 0.15) is 5.72 Å². The van der Waals surface area contributed by atoms with Gasteiger partial charge in [-0.25, -0.2) is 0 Å². The summed E-state index contributed by atoms with van der Waals surface area (Å²) in [4.78, 5) is 0. The van der Waals surface area contributed by atoms with E-state index in [1.165, 1.54) is 0 Å². The molecule has 0 heterocycles. The van der Waals surface area contributed by atoms with Crippen molar-refractivity contribution in [2.24, 2.45) is 17.6 Å². The number of hydrogen-bond donors (Lipinski definition) is 3. The van der Waals surface area contributed by atoms with Crippen LogP contribution >= 0.6 is 0 Å². The highest BCUT2D eigenvalue weighted by atomic mass is 28.4. The minimum Gasteiger partial charge on any atom is -0.377 e. The first-order valence-electron chi connectivity index (χ1n) is 10.8. The summed E-state index contributed by atoms with van der Waals surface area (Å²) in [6, 6.07) is 1.54. The predicted molar refractivity (Wildman–Crippen MR) is 120 cm³/mol. The smallest absolute Gasteiger partial charge is 0.377 e. The molecule has 9 nitrogen and oxygen atoms in total. The summed E-state index contributed by atoms with van der Waals surface area (Å²) in [5.74, 6) is 0.556. The van der Waals surface area contributed by atoms with Crippen molar-refractivity contribution in [1.82, 2.24) is 5.32 Å². The van der Waals surface area contributed by atoms with Crippen molar-refractivity contribution in [3.8, 4) is 0 Å². The first-order valence-corrected chi connectivity index (χ1v) is 14.6. The van der Waals surface area contributed by atoms with E-state index in [2.05, 4.69) is 5.32 Å². The van der Waals surface area contributed by atoms with Gasteiger partial charge in [-0.3, -0.25) is 0 Å². The summed E-state index contributed by atoms with van der Waals surface area (Å²) in [5, 5.41) is 14.1. The molecule has 0 aromatic carbocycles. The average molecular weight is 469 g/mol. The Labute approximate surface area is 184 Å². The monoisotopic (exact) mass is 468 g/mol.